The second-order valence-corrected chi connectivity index (χ2v) is 10.1. The van der Waals surface area contributed by atoms with Crippen molar-refractivity contribution in [2.75, 3.05) is 4.90 Å². The largest absolute Gasteiger partial charge is 0.392 e. The number of aromatic nitrogens is 2. The lowest BCUT2D eigenvalue weighted by molar-refractivity contribution is -0.252. The summed E-state index contributed by atoms with van der Waals surface area (Å²) < 4.78 is 14.5. The number of amides is 2. The van der Waals surface area contributed by atoms with E-state index in [0.29, 0.717) is 40.5 Å². The maximum Gasteiger partial charge on any atom is 0.266 e. The predicted molar refractivity (Wildman–Crippen MR) is 145 cm³/mol. The van der Waals surface area contributed by atoms with E-state index in [-0.39, 0.29) is 35.8 Å². The Hall–Kier alpha value is -3.53. The smallest absolute Gasteiger partial charge is 0.266 e. The zero-order chi connectivity index (χ0) is 27.1. The van der Waals surface area contributed by atoms with E-state index in [0.717, 1.165) is 11.1 Å². The van der Waals surface area contributed by atoms with Crippen LogP contribution in [-0.2, 0) is 22.6 Å². The number of rotatable bonds is 6. The molecule has 1 aromatic heterocycles. The van der Waals surface area contributed by atoms with Crippen molar-refractivity contribution in [2.24, 2.45) is 0 Å². The average molecular weight is 564 g/mol. The first-order valence-electron chi connectivity index (χ1n) is 12.4. The highest BCUT2D eigenvalue weighted by Gasteiger charge is 2.37. The molecule has 0 bridgehead atoms. The van der Waals surface area contributed by atoms with E-state index >= 15 is 0 Å². The molecule has 0 saturated carbocycles. The van der Waals surface area contributed by atoms with E-state index in [1.807, 2.05) is 30.3 Å². The highest BCUT2D eigenvalue weighted by molar-refractivity contribution is 6.40. The van der Waals surface area contributed by atoms with E-state index in [4.69, 9.17) is 32.7 Å². The molecule has 10 heteroatoms. The van der Waals surface area contributed by atoms with Crippen molar-refractivity contribution in [1.82, 2.24) is 9.55 Å². The number of imidazole rings is 1. The molecule has 8 nitrogen and oxygen atoms in total. The van der Waals surface area contributed by atoms with Gasteiger partial charge in [0.15, 0.2) is 11.4 Å². The molecule has 6 rings (SSSR count). The maximum absolute atomic E-state index is 13.1. The van der Waals surface area contributed by atoms with Gasteiger partial charge in [-0.2, -0.15) is 0 Å². The SMILES string of the molecule is O=C1c2ccccc2C(=O)N1c1cccc([C@H]2O[C@@H](Cn3cnc(Cl)c3Cl)C[C@@H](c3ccc(CO)cc3)O2)c1. The first kappa shape index (κ1) is 25.7. The molecule has 2 amide bonds. The standard InChI is InChI=1S/C29H23Cl2N3O5/c30-25-26(31)33(16-32-25)14-21-13-24(18-10-8-17(15-35)9-11-18)39-29(38-21)19-4-3-5-20(12-19)34-27(36)22-6-1-2-7-23(22)28(34)37/h1-12,16,21,24,29,35H,13-15H2/t21-,24+,29+/m1/s1. The van der Waals surface area contributed by atoms with Gasteiger partial charge in [-0.25, -0.2) is 9.88 Å². The number of anilines is 1. The van der Waals surface area contributed by atoms with Gasteiger partial charge in [-0.05, 0) is 35.4 Å². The van der Waals surface area contributed by atoms with Gasteiger partial charge in [-0.1, -0.05) is 71.7 Å². The molecule has 4 aromatic rings. The van der Waals surface area contributed by atoms with Crippen molar-refractivity contribution in [2.45, 2.75) is 38.1 Å². The number of carbonyl (C=O) groups is 2. The van der Waals surface area contributed by atoms with Crippen LogP contribution in [0.25, 0.3) is 0 Å². The third-order valence-corrected chi connectivity index (χ3v) is 7.71. The molecule has 0 unspecified atom stereocenters. The van der Waals surface area contributed by atoms with E-state index < -0.39 is 6.29 Å². The van der Waals surface area contributed by atoms with Gasteiger partial charge in [-0.3, -0.25) is 9.59 Å². The summed E-state index contributed by atoms with van der Waals surface area (Å²) >= 11 is 12.4. The average Bonchev–Trinajstić information content (AvgIpc) is 3.42. The Morgan fingerprint density at radius 2 is 1.62 bits per heavy atom. The molecule has 3 heterocycles. The maximum atomic E-state index is 13.1. The minimum absolute atomic E-state index is 0.0509. The number of ether oxygens (including phenoxy) is 2. The van der Waals surface area contributed by atoms with Gasteiger partial charge < -0.3 is 19.1 Å². The van der Waals surface area contributed by atoms with E-state index in [1.54, 1.807) is 53.4 Å². The third-order valence-electron chi connectivity index (χ3n) is 6.94. The molecule has 0 aliphatic carbocycles. The second-order valence-electron chi connectivity index (χ2n) is 9.41. The lowest BCUT2D eigenvalue weighted by Crippen LogP contribution is -2.33. The second kappa shape index (κ2) is 10.6. The summed E-state index contributed by atoms with van der Waals surface area (Å²) in [4.78, 5) is 31.4. The highest BCUT2D eigenvalue weighted by atomic mass is 35.5. The zero-order valence-corrected chi connectivity index (χ0v) is 22.0. The van der Waals surface area contributed by atoms with Crippen LogP contribution >= 0.6 is 23.2 Å². The van der Waals surface area contributed by atoms with Crippen LogP contribution in [0.15, 0.2) is 79.1 Å². The molecule has 0 spiro atoms. The van der Waals surface area contributed by atoms with Crippen molar-refractivity contribution in [3.05, 3.63) is 117 Å². The van der Waals surface area contributed by atoms with E-state index in [9.17, 15) is 14.7 Å². The molecule has 39 heavy (non-hydrogen) atoms. The van der Waals surface area contributed by atoms with Crippen LogP contribution in [0.5, 0.6) is 0 Å². The van der Waals surface area contributed by atoms with Crippen LogP contribution in [0.4, 0.5) is 5.69 Å². The molecule has 2 aliphatic rings. The molecule has 0 radical (unpaired) electrons. The van der Waals surface area contributed by atoms with E-state index in [1.165, 1.54) is 4.90 Å². The fourth-order valence-electron chi connectivity index (χ4n) is 4.96. The summed E-state index contributed by atoms with van der Waals surface area (Å²) in [5, 5.41) is 9.97. The number of hydrogen-bond donors (Lipinski definition) is 1. The molecule has 1 saturated heterocycles. The Morgan fingerprint density at radius 1 is 0.897 bits per heavy atom. The Balaban J connectivity index is 1.31. The van der Waals surface area contributed by atoms with Gasteiger partial charge in [0.1, 0.15) is 5.15 Å². The molecule has 198 valence electrons. The van der Waals surface area contributed by atoms with Crippen molar-refractivity contribution in [3.63, 3.8) is 0 Å². The number of halogens is 2. The lowest BCUT2D eigenvalue weighted by atomic mass is 10.00. The number of imide groups is 1. The quantitative estimate of drug-likeness (QED) is 0.301. The Labute approximate surface area is 234 Å². The molecule has 3 aromatic carbocycles. The summed E-state index contributed by atoms with van der Waals surface area (Å²) in [5.41, 5.74) is 3.56. The fraction of sp³-hybridized carbons (Fsp3) is 0.207. The van der Waals surface area contributed by atoms with Gasteiger partial charge in [0.2, 0.25) is 0 Å². The highest BCUT2D eigenvalue weighted by Crippen LogP contribution is 2.40. The number of fused-ring (bicyclic) bond motifs is 1. The Morgan fingerprint density at radius 3 is 2.26 bits per heavy atom. The van der Waals surface area contributed by atoms with Crippen molar-refractivity contribution < 1.29 is 24.2 Å². The minimum atomic E-state index is -0.792. The van der Waals surface area contributed by atoms with Gasteiger partial charge in [0.05, 0.1) is 48.5 Å². The summed E-state index contributed by atoms with van der Waals surface area (Å²) in [5.74, 6) is -0.742. The summed E-state index contributed by atoms with van der Waals surface area (Å²) in [6, 6.07) is 21.4. The summed E-state index contributed by atoms with van der Waals surface area (Å²) in [6.07, 6.45) is 0.643. The van der Waals surface area contributed by atoms with Crippen molar-refractivity contribution in [1.29, 1.82) is 0 Å². The summed E-state index contributed by atoms with van der Waals surface area (Å²) in [6.45, 7) is 0.340. The van der Waals surface area contributed by atoms with Gasteiger partial charge in [0, 0.05) is 12.0 Å². The molecule has 1 fully saturated rings. The molecular weight excluding hydrogens is 541 g/mol. The monoisotopic (exact) mass is 563 g/mol. The van der Waals surface area contributed by atoms with Crippen LogP contribution in [0.1, 0.15) is 56.2 Å². The van der Waals surface area contributed by atoms with Crippen molar-refractivity contribution in [3.8, 4) is 0 Å². The fourth-order valence-corrected chi connectivity index (χ4v) is 5.27. The Bertz CT molecular complexity index is 1520. The van der Waals surface area contributed by atoms with Crippen LogP contribution < -0.4 is 4.90 Å². The van der Waals surface area contributed by atoms with Crippen LogP contribution in [0.3, 0.4) is 0 Å². The minimum Gasteiger partial charge on any atom is -0.392 e. The van der Waals surface area contributed by atoms with Crippen molar-refractivity contribution >= 4 is 40.7 Å². The van der Waals surface area contributed by atoms with Gasteiger partial charge >= 0.3 is 0 Å². The number of carbonyl (C=O) groups excluding carboxylic acids is 2. The first-order chi connectivity index (χ1) is 18.9. The Kier molecular flexibility index (Phi) is 6.97. The normalized spacial score (nSPS) is 20.9. The van der Waals surface area contributed by atoms with Crippen LogP contribution in [0.2, 0.25) is 10.3 Å². The molecule has 2 aliphatic heterocycles. The van der Waals surface area contributed by atoms with Gasteiger partial charge in [-0.15, -0.1) is 0 Å². The number of aliphatic hydroxyl groups is 1. The number of aliphatic hydroxyl groups excluding tert-OH is 1. The molecule has 3 atom stereocenters. The predicted octanol–water partition coefficient (Wildman–Crippen LogP) is 5.73. The van der Waals surface area contributed by atoms with Crippen LogP contribution in [-0.4, -0.2) is 32.6 Å². The molecular formula is C29H23Cl2N3O5. The number of hydrogen-bond acceptors (Lipinski definition) is 6. The zero-order valence-electron chi connectivity index (χ0n) is 20.5. The molecule has 1 N–H and O–H groups in total. The van der Waals surface area contributed by atoms with E-state index in [2.05, 4.69) is 4.98 Å². The number of nitrogens with zero attached hydrogens (tertiary/aromatic N) is 3. The third kappa shape index (κ3) is 4.86. The summed E-state index contributed by atoms with van der Waals surface area (Å²) in [7, 11) is 0. The lowest BCUT2D eigenvalue weighted by Gasteiger charge is -2.36. The first-order valence-corrected chi connectivity index (χ1v) is 13.1. The topological polar surface area (TPSA) is 93.9 Å². The van der Waals surface area contributed by atoms with Gasteiger partial charge in [0.25, 0.3) is 11.8 Å². The van der Waals surface area contributed by atoms with Crippen LogP contribution in [0, 0.1) is 0 Å². The number of benzene rings is 3.